The number of nitrogens with zero attached hydrogens (tertiary/aromatic N) is 12. The van der Waals surface area contributed by atoms with E-state index in [4.69, 9.17) is 27.7 Å². The lowest BCUT2D eigenvalue weighted by Crippen LogP contribution is -2.38. The molecule has 16 N–H and O–H groups in total. The van der Waals surface area contributed by atoms with Crippen molar-refractivity contribution >= 4 is 137 Å². The summed E-state index contributed by atoms with van der Waals surface area (Å²) in [5.74, 6) is 1.77. The van der Waals surface area contributed by atoms with Gasteiger partial charge in [-0.2, -0.15) is 0 Å². The van der Waals surface area contributed by atoms with Crippen molar-refractivity contribution in [2.75, 3.05) is 42.6 Å². The maximum Gasteiger partial charge on any atom is 0.145 e. The molecule has 3 saturated carbocycles. The van der Waals surface area contributed by atoms with Gasteiger partial charge in [0.05, 0.1) is 95.9 Å². The number of aromatic nitrogens is 12. The van der Waals surface area contributed by atoms with E-state index >= 15 is 0 Å². The van der Waals surface area contributed by atoms with Gasteiger partial charge < -0.3 is 82.6 Å². The number of aryl methyl sites for hydroxylation is 2. The van der Waals surface area contributed by atoms with Crippen LogP contribution in [-0.2, 0) is 4.74 Å². The predicted octanol–water partition coefficient (Wildman–Crippen LogP) is 9.40. The fourth-order valence-electron chi connectivity index (χ4n) is 16.9. The quantitative estimate of drug-likeness (QED) is 0.0737. The van der Waals surface area contributed by atoms with Gasteiger partial charge in [0, 0.05) is 86.9 Å². The number of hydrogen-bond donors (Lipinski definition) is 12. The molecule has 100 heavy (non-hydrogen) atoms. The van der Waals surface area contributed by atoms with Crippen LogP contribution in [0.3, 0.4) is 0 Å². The van der Waals surface area contributed by atoms with Crippen molar-refractivity contribution in [3.05, 3.63) is 170 Å². The average Bonchev–Trinajstić information content (AvgIpc) is 1.59. The lowest BCUT2D eigenvalue weighted by molar-refractivity contribution is -0.0309. The second-order valence-electron chi connectivity index (χ2n) is 28.0. The highest BCUT2D eigenvalue weighted by Crippen LogP contribution is 2.57. The Kier molecular flexibility index (Phi) is 17.5. The van der Waals surface area contributed by atoms with Gasteiger partial charge in [0.2, 0.25) is 0 Å². The molecule has 3 saturated heterocycles. The molecule has 15 atom stereocenters. The largest absolute Gasteiger partial charge is 0.390 e. The Morgan fingerprint density at radius 3 is 1.25 bits per heavy atom. The van der Waals surface area contributed by atoms with E-state index in [1.165, 1.54) is 12.7 Å². The lowest BCUT2D eigenvalue weighted by Gasteiger charge is -2.27. The van der Waals surface area contributed by atoms with Crippen molar-refractivity contribution in [2.24, 2.45) is 16.2 Å². The number of hydrogen-bond acceptors (Lipinski definition) is 22. The minimum Gasteiger partial charge on any atom is -0.390 e. The molecule has 12 aromatic rings. The number of ether oxygens (including phenoxy) is 1. The molecule has 28 heteroatoms. The molecule has 3 aromatic carbocycles. The number of benzene rings is 3. The minimum atomic E-state index is -0.909. The summed E-state index contributed by atoms with van der Waals surface area (Å²) in [6.45, 7) is 5.51. The smallest absolute Gasteiger partial charge is 0.145 e. The van der Waals surface area contributed by atoms with Gasteiger partial charge in [-0.05, 0) is 171 Å². The summed E-state index contributed by atoms with van der Waals surface area (Å²) in [6, 6.07) is 29.4. The molecule has 18 rings (SSSR count). The van der Waals surface area contributed by atoms with Gasteiger partial charge in [-0.15, -0.1) is 0 Å². The van der Waals surface area contributed by atoms with E-state index in [1.54, 1.807) is 6.33 Å². The second kappa shape index (κ2) is 25.8. The number of aliphatic hydroxyl groups excluding tert-OH is 6. The van der Waals surface area contributed by atoms with E-state index in [-0.39, 0.29) is 43.7 Å². The topological polar surface area (TPSA) is 390 Å². The van der Waals surface area contributed by atoms with Crippen LogP contribution in [0, 0.1) is 30.1 Å². The summed E-state index contributed by atoms with van der Waals surface area (Å²) in [4.78, 5) is 39.3. The molecular weight excluding hydrogens is 1470 g/mol. The fraction of sp³-hybridized carbons (Fsp3) is 0.375. The minimum absolute atomic E-state index is 0. The molecule has 3 spiro atoms. The Hall–Kier alpha value is -7.97. The number of aliphatic hydroxyl groups is 6. The maximum atomic E-state index is 11.2. The van der Waals surface area contributed by atoms with Crippen LogP contribution in [0.15, 0.2) is 142 Å². The van der Waals surface area contributed by atoms with E-state index in [1.807, 2.05) is 119 Å². The molecule has 9 aromatic heterocycles. The van der Waals surface area contributed by atoms with Gasteiger partial charge in [-0.1, -0.05) is 43.8 Å². The molecule has 6 fully saturated rings. The lowest BCUT2D eigenvalue weighted by atomic mass is 9.80. The molecule has 0 amide bonds. The molecule has 3 aliphatic carbocycles. The Balaban J connectivity index is 0.000000121. The summed E-state index contributed by atoms with van der Waals surface area (Å²) in [6.07, 6.45) is 8.74. The number of nitrogens with two attached hydrogens (primary N) is 4. The number of fused-ring (bicyclic) bond motifs is 6. The van der Waals surface area contributed by atoms with Crippen LogP contribution in [0.25, 0.3) is 65.8 Å². The van der Waals surface area contributed by atoms with Crippen LogP contribution in [0.4, 0.5) is 23.3 Å². The second-order valence-corrected chi connectivity index (χ2v) is 30.5. The highest BCUT2D eigenvalue weighted by atomic mass is 79.9. The first-order valence-electron chi connectivity index (χ1n) is 33.0. The summed E-state index contributed by atoms with van der Waals surface area (Å²) in [7, 11) is 0. The molecule has 6 aliphatic rings. The molecular formula is C72H77Br3N18O7. The normalized spacial score (nSPS) is 29.3. The summed E-state index contributed by atoms with van der Waals surface area (Å²) >= 11 is 10.3. The fourth-order valence-corrected chi connectivity index (χ4v) is 17.9. The Morgan fingerprint density at radius 1 is 0.440 bits per heavy atom. The molecule has 0 radical (unpaired) electrons. The van der Waals surface area contributed by atoms with Crippen molar-refractivity contribution in [1.29, 1.82) is 0 Å². The SMILES string of the molecule is C.Cc1ncnc2c1ccn2[C@@H]1C[C@@]2(CN[C@@H](c3ccc4cc(Br)c(N)nc4c3)C2)[C@@H](O)[C@H]1O.Cc1ncnc2c1ccn2[C@@H]1C[C@@]2(CO[C@@H](c3ccc4cc(Br)c(N)nc4c3)C2)[C@@H](O)[C@H]1O.Nc1nc2cc([C@H]3C[C@@]4(CN3)C[C@@H](n3ccc5c(N)ncnc53)[C@H](O)[C@@H]4O)ccc2cc1Br. The van der Waals surface area contributed by atoms with Gasteiger partial charge in [0.15, 0.2) is 0 Å². The number of rotatable bonds is 6. The van der Waals surface area contributed by atoms with Crippen molar-refractivity contribution in [2.45, 2.75) is 133 Å². The third-order valence-electron chi connectivity index (χ3n) is 22.3. The van der Waals surface area contributed by atoms with Crippen molar-refractivity contribution in [3.8, 4) is 0 Å². The summed E-state index contributed by atoms with van der Waals surface area (Å²) < 4.78 is 14.4. The molecule has 0 unspecified atom stereocenters. The number of nitrogens with one attached hydrogen (secondary N) is 2. The van der Waals surface area contributed by atoms with Crippen molar-refractivity contribution < 1.29 is 35.4 Å². The van der Waals surface area contributed by atoms with Gasteiger partial charge in [0.1, 0.15) is 77.5 Å². The van der Waals surface area contributed by atoms with Gasteiger partial charge in [0.25, 0.3) is 0 Å². The number of halogens is 3. The molecule has 0 bridgehead atoms. The summed E-state index contributed by atoms with van der Waals surface area (Å²) in [5, 5.41) is 79.4. The highest BCUT2D eigenvalue weighted by Gasteiger charge is 2.59. The van der Waals surface area contributed by atoms with Crippen LogP contribution in [0.5, 0.6) is 0 Å². The third-order valence-corrected chi connectivity index (χ3v) is 24.2. The Bertz CT molecular complexity index is 4680. The number of anilines is 4. The number of nitrogen functional groups attached to an aromatic ring is 4. The zero-order valence-electron chi connectivity index (χ0n) is 53.8. The zero-order valence-corrected chi connectivity index (χ0v) is 58.6. The molecule has 3 aliphatic heterocycles. The molecule has 518 valence electrons. The average molecular weight is 1550 g/mol. The van der Waals surface area contributed by atoms with E-state index < -0.39 is 52.9 Å². The van der Waals surface area contributed by atoms with Gasteiger partial charge in [-0.25, -0.2) is 44.9 Å². The maximum absolute atomic E-state index is 11.2. The highest BCUT2D eigenvalue weighted by molar-refractivity contribution is 9.11. The Labute approximate surface area is 599 Å². The van der Waals surface area contributed by atoms with Crippen LogP contribution < -0.4 is 33.6 Å². The zero-order chi connectivity index (χ0) is 68.7. The van der Waals surface area contributed by atoms with E-state index in [0.717, 1.165) is 108 Å². The molecule has 12 heterocycles. The predicted molar refractivity (Wildman–Crippen MR) is 393 cm³/mol. The van der Waals surface area contributed by atoms with Crippen LogP contribution in [0.2, 0.25) is 0 Å². The van der Waals surface area contributed by atoms with E-state index in [2.05, 4.69) is 121 Å². The first kappa shape index (κ1) is 67.8. The first-order chi connectivity index (χ1) is 47.6. The van der Waals surface area contributed by atoms with E-state index in [0.29, 0.717) is 80.7 Å². The monoisotopic (exact) mass is 1540 g/mol. The third kappa shape index (κ3) is 11.4. The van der Waals surface area contributed by atoms with Crippen LogP contribution >= 0.6 is 47.8 Å². The van der Waals surface area contributed by atoms with Gasteiger partial charge in [-0.3, -0.25) is 0 Å². The van der Waals surface area contributed by atoms with E-state index in [9.17, 15) is 30.6 Å². The standard InChI is InChI=1S/C24H25BrN6O2.C24H24BrN5O3.C23H24BrN7O2.CH4/c1-12-15-4-5-31(23(15)29-11-28-12)19-9-24(21(33)20(19)32)8-18(27-10-24)14-3-2-13-6-16(25)22(26)30-17(13)7-14;1-12-15-4-5-30(23(15)28-11-27-12)18-8-24(21(32)20(18)31)9-19(33-10-24)14-3-2-13-6-16(25)22(26)29-17(13)7-14;24-14-5-11-1-2-12(6-15(11)30-21(14)26)16-7-23(9-27-16)8-17(18(32)19(23)33)31-4-3-13-20(25)28-10-29-22(13)31;/h2-7,11,18-21,27,32-33H,8-10H2,1H3,(H2,26,30);2-7,11,18-21,31-32H,8-10H2,1H3,(H2,26,29);1-6,10,16-19,27,32-33H,7-9H2,(H2,26,30)(H2,25,28,29);1H4/t18-,19-,20+,21+,24+;18-,19-,20+,21+,24-;16-,17-,18+,19+,23+;/m111./s1. The molecule has 25 nitrogen and oxygen atoms in total. The number of pyridine rings is 3. The Morgan fingerprint density at radius 2 is 0.810 bits per heavy atom. The van der Waals surface area contributed by atoms with Crippen molar-refractivity contribution in [3.63, 3.8) is 0 Å². The van der Waals surface area contributed by atoms with Gasteiger partial charge >= 0.3 is 0 Å². The van der Waals surface area contributed by atoms with Crippen LogP contribution in [0.1, 0.15) is 110 Å². The summed E-state index contributed by atoms with van der Waals surface area (Å²) in [5.41, 5.74) is 32.2. The first-order valence-corrected chi connectivity index (χ1v) is 35.3. The van der Waals surface area contributed by atoms with Crippen LogP contribution in [-0.4, -0.2) is 146 Å². The van der Waals surface area contributed by atoms with Crippen molar-refractivity contribution in [1.82, 2.24) is 69.2 Å².